The summed E-state index contributed by atoms with van der Waals surface area (Å²) in [6.07, 6.45) is 0. The second kappa shape index (κ2) is 12.5. The van der Waals surface area contributed by atoms with E-state index in [-0.39, 0.29) is 0 Å². The standard InChI is InChI=1S/2C16H13.CH2.2ClH.Ti/c2*1-12-10-14-8-5-9-15(16(14)11-12)13-6-3-2-4-7-13;;;;/h2*2-11H,1H3;1H2;2*1H;/q2*-1;;;;+2/p-2. The third-order valence-electron chi connectivity index (χ3n) is 5.96. The Balaban J connectivity index is 0.000000148. The van der Waals surface area contributed by atoms with Crippen molar-refractivity contribution in [2.24, 2.45) is 0 Å². The minimum atomic E-state index is -1.64. The van der Waals surface area contributed by atoms with E-state index < -0.39 is 15.3 Å². The van der Waals surface area contributed by atoms with Crippen LogP contribution in [0.5, 0.6) is 0 Å². The van der Waals surface area contributed by atoms with Crippen molar-refractivity contribution in [1.29, 1.82) is 0 Å². The predicted octanol–water partition coefficient (Wildman–Crippen LogP) is 10.4. The van der Waals surface area contributed by atoms with Gasteiger partial charge in [0, 0.05) is 0 Å². The average molecular weight is 543 g/mol. The summed E-state index contributed by atoms with van der Waals surface area (Å²) in [4.78, 5) is 3.34. The van der Waals surface area contributed by atoms with Crippen molar-refractivity contribution in [1.82, 2.24) is 0 Å². The van der Waals surface area contributed by atoms with Crippen LogP contribution in [0, 0.1) is 13.8 Å². The van der Waals surface area contributed by atoms with E-state index in [0.29, 0.717) is 0 Å². The van der Waals surface area contributed by atoms with E-state index in [0.717, 1.165) is 0 Å². The fourth-order valence-electron chi connectivity index (χ4n) is 4.51. The predicted molar refractivity (Wildman–Crippen MR) is 158 cm³/mol. The van der Waals surface area contributed by atoms with Crippen LogP contribution < -0.4 is 0 Å². The molecule has 0 spiro atoms. The summed E-state index contributed by atoms with van der Waals surface area (Å²) in [7, 11) is 10.2. The molecule has 0 aliphatic rings. The van der Waals surface area contributed by atoms with Crippen molar-refractivity contribution in [2.75, 3.05) is 0 Å². The number of fused-ring (bicyclic) bond motifs is 2. The van der Waals surface area contributed by atoms with Crippen LogP contribution in [0.4, 0.5) is 0 Å². The minimum absolute atomic E-state index is 1.29. The number of halogens is 2. The van der Waals surface area contributed by atoms with Gasteiger partial charge in [0.15, 0.2) is 0 Å². The molecule has 0 atom stereocenters. The zero-order valence-corrected chi connectivity index (χ0v) is 23.6. The molecule has 3 heteroatoms. The van der Waals surface area contributed by atoms with Crippen LogP contribution >= 0.6 is 18.6 Å². The fraction of sp³-hybridized carbons (Fsp3) is 0.0606. The van der Waals surface area contributed by atoms with Gasteiger partial charge in [0.05, 0.1) is 0 Å². The van der Waals surface area contributed by atoms with Crippen molar-refractivity contribution in [3.8, 4) is 22.3 Å². The summed E-state index contributed by atoms with van der Waals surface area (Å²) in [5, 5.41) is 5.37. The molecule has 0 aromatic heterocycles. The Morgan fingerprint density at radius 3 is 1.28 bits per heavy atom. The van der Waals surface area contributed by atoms with E-state index in [1.54, 1.807) is 0 Å². The molecule has 6 rings (SSSR count). The quantitative estimate of drug-likeness (QED) is 0.151. The number of aryl methyl sites for hydroxylation is 2. The van der Waals surface area contributed by atoms with Crippen LogP contribution in [0.1, 0.15) is 11.1 Å². The van der Waals surface area contributed by atoms with Crippen LogP contribution in [-0.2, 0) is 15.3 Å². The van der Waals surface area contributed by atoms with Gasteiger partial charge in [-0.3, -0.25) is 0 Å². The van der Waals surface area contributed by atoms with Crippen molar-refractivity contribution in [3.05, 3.63) is 132 Å². The average Bonchev–Trinajstić information content (AvgIpc) is 3.45. The van der Waals surface area contributed by atoms with Gasteiger partial charge < -0.3 is 0 Å². The molecular formula is C33H28Cl2Ti-2. The number of hydrogen-bond acceptors (Lipinski definition) is 0. The Morgan fingerprint density at radius 2 is 0.917 bits per heavy atom. The summed E-state index contributed by atoms with van der Waals surface area (Å²) in [6.45, 7) is 4.30. The Bertz CT molecular complexity index is 1450. The zero-order chi connectivity index (χ0) is 25.5. The monoisotopic (exact) mass is 542 g/mol. The molecular weight excluding hydrogens is 515 g/mol. The van der Waals surface area contributed by atoms with E-state index >= 15 is 0 Å². The van der Waals surface area contributed by atoms with Crippen molar-refractivity contribution >= 4 is 45.0 Å². The molecule has 0 saturated heterocycles. The van der Waals surface area contributed by atoms with E-state index in [4.69, 9.17) is 18.6 Å². The van der Waals surface area contributed by atoms with E-state index in [1.165, 1.54) is 54.9 Å². The van der Waals surface area contributed by atoms with Gasteiger partial charge in [0.1, 0.15) is 0 Å². The molecule has 0 radical (unpaired) electrons. The molecule has 0 amide bonds. The van der Waals surface area contributed by atoms with E-state index in [1.807, 2.05) is 0 Å². The summed E-state index contributed by atoms with van der Waals surface area (Å²) in [5.41, 5.74) is 7.89. The van der Waals surface area contributed by atoms with Crippen molar-refractivity contribution in [2.45, 2.75) is 13.8 Å². The molecule has 0 nitrogen and oxygen atoms in total. The van der Waals surface area contributed by atoms with Crippen molar-refractivity contribution in [3.63, 3.8) is 0 Å². The molecule has 0 N–H and O–H groups in total. The molecule has 36 heavy (non-hydrogen) atoms. The van der Waals surface area contributed by atoms with Gasteiger partial charge in [-0.2, -0.15) is 12.1 Å². The number of hydrogen-bond donors (Lipinski definition) is 0. The molecule has 0 aliphatic carbocycles. The van der Waals surface area contributed by atoms with Crippen LogP contribution in [0.25, 0.3) is 43.8 Å². The normalized spacial score (nSPS) is 10.3. The van der Waals surface area contributed by atoms with Gasteiger partial charge >= 0.3 is 38.7 Å². The van der Waals surface area contributed by atoms with Crippen LogP contribution in [0.2, 0.25) is 0 Å². The summed E-state index contributed by atoms with van der Waals surface area (Å²) >= 11 is -1.64. The Labute approximate surface area is 227 Å². The molecule has 0 unspecified atom stereocenters. The Kier molecular flexibility index (Phi) is 9.13. The first-order valence-corrected chi connectivity index (χ1v) is 17.3. The first-order chi connectivity index (χ1) is 17.4. The van der Waals surface area contributed by atoms with Crippen LogP contribution in [0.15, 0.2) is 121 Å². The molecule has 0 heterocycles. The van der Waals surface area contributed by atoms with Gasteiger partial charge in [0.25, 0.3) is 0 Å². The molecule has 0 aliphatic heterocycles. The third kappa shape index (κ3) is 6.72. The SMILES string of the molecule is Cc1cc2c(-c3ccccc3)cccc2[cH-]1.Cc1cc2c(-c3ccccc3)cccc2[cH-]1.[CH2]=[Ti]([Cl])[Cl]. The topological polar surface area (TPSA) is 0 Å². The van der Waals surface area contributed by atoms with Gasteiger partial charge in [-0.05, 0) is 11.1 Å². The second-order valence-electron chi connectivity index (χ2n) is 8.75. The van der Waals surface area contributed by atoms with Gasteiger partial charge in [0.2, 0.25) is 0 Å². The number of benzene rings is 4. The number of rotatable bonds is 2. The first kappa shape index (κ1) is 26.3. The Hall–Kier alpha value is -2.74. The van der Waals surface area contributed by atoms with Gasteiger partial charge in [-0.1, -0.05) is 97.8 Å². The zero-order valence-electron chi connectivity index (χ0n) is 20.5. The van der Waals surface area contributed by atoms with Crippen LogP contribution in [-0.4, -0.2) is 4.82 Å². The van der Waals surface area contributed by atoms with Gasteiger partial charge in [-0.15, -0.1) is 69.1 Å². The Morgan fingerprint density at radius 1 is 0.556 bits per heavy atom. The van der Waals surface area contributed by atoms with Crippen molar-refractivity contribution < 1.29 is 15.3 Å². The third-order valence-corrected chi connectivity index (χ3v) is 5.96. The maximum atomic E-state index is 5.10. The van der Waals surface area contributed by atoms with E-state index in [9.17, 15) is 0 Å². The fourth-order valence-corrected chi connectivity index (χ4v) is 4.51. The molecule has 6 aromatic rings. The molecule has 0 saturated carbocycles. The maximum absolute atomic E-state index is 5.10. The summed E-state index contributed by atoms with van der Waals surface area (Å²) < 4.78 is 0. The molecule has 0 bridgehead atoms. The summed E-state index contributed by atoms with van der Waals surface area (Å²) in [5.74, 6) is 0. The van der Waals surface area contributed by atoms with E-state index in [2.05, 4.69) is 140 Å². The molecule has 0 fully saturated rings. The molecule has 180 valence electrons. The second-order valence-corrected chi connectivity index (χ2v) is 14.4. The first-order valence-electron chi connectivity index (χ1n) is 11.9. The van der Waals surface area contributed by atoms with Gasteiger partial charge in [-0.25, -0.2) is 0 Å². The van der Waals surface area contributed by atoms with Crippen LogP contribution in [0.3, 0.4) is 0 Å². The molecule has 6 aromatic carbocycles. The summed E-state index contributed by atoms with van der Waals surface area (Å²) in [6, 6.07) is 43.1.